The van der Waals surface area contributed by atoms with Gasteiger partial charge in [-0.15, -0.1) is 0 Å². The molecule has 0 bridgehead atoms. The van der Waals surface area contributed by atoms with Gasteiger partial charge in [0.05, 0.1) is 24.3 Å². The normalized spacial score (nSPS) is 21.0. The van der Waals surface area contributed by atoms with Crippen LogP contribution in [0, 0.1) is 19.8 Å². The zero-order valence-electron chi connectivity index (χ0n) is 25.6. The number of piperazine rings is 1. The van der Waals surface area contributed by atoms with Crippen LogP contribution in [0.1, 0.15) is 52.0 Å². The Morgan fingerprint density at radius 3 is 2.18 bits per heavy atom. The maximum atomic E-state index is 13.7. The Balaban J connectivity index is 1.54. The molecule has 2 atom stereocenters. The number of carbonyl (C=O) groups is 1. The molecular weight excluding hydrogens is 584 g/mol. The van der Waals surface area contributed by atoms with Crippen LogP contribution in [-0.4, -0.2) is 85.2 Å². The van der Waals surface area contributed by atoms with Crippen molar-refractivity contribution in [2.45, 2.75) is 58.6 Å². The van der Waals surface area contributed by atoms with Gasteiger partial charge < -0.3 is 9.64 Å². The average molecular weight is 626 g/mol. The van der Waals surface area contributed by atoms with E-state index in [1.807, 2.05) is 32.0 Å². The van der Waals surface area contributed by atoms with E-state index in [0.29, 0.717) is 63.4 Å². The highest BCUT2D eigenvalue weighted by molar-refractivity contribution is 5.95. The maximum absolute atomic E-state index is 13.7. The number of benzene rings is 2. The van der Waals surface area contributed by atoms with Crippen molar-refractivity contribution >= 4 is 5.91 Å². The van der Waals surface area contributed by atoms with E-state index in [1.165, 1.54) is 4.90 Å². The minimum atomic E-state index is -5.03. The van der Waals surface area contributed by atoms with E-state index in [2.05, 4.69) is 35.8 Å². The Morgan fingerprint density at radius 2 is 1.57 bits per heavy atom. The molecule has 0 spiro atoms. The number of hydrogen-bond donors (Lipinski definition) is 0. The molecular formula is C33H41F6N3O2. The number of carbonyl (C=O) groups excluding carboxylic acids is 1. The molecule has 4 rings (SSSR count). The molecule has 5 nitrogen and oxygen atoms in total. The van der Waals surface area contributed by atoms with Crippen molar-refractivity contribution < 1.29 is 35.9 Å². The van der Waals surface area contributed by atoms with Gasteiger partial charge in [-0.3, -0.25) is 14.6 Å². The summed E-state index contributed by atoms with van der Waals surface area (Å²) < 4.78 is 86.9. The number of amides is 1. The van der Waals surface area contributed by atoms with E-state index in [9.17, 15) is 31.1 Å². The number of nitrogens with zero attached hydrogens (tertiary/aromatic N) is 3. The third kappa shape index (κ3) is 8.63. The lowest BCUT2D eigenvalue weighted by molar-refractivity contribution is -0.143. The number of aryl methyl sites for hydroxylation is 2. The third-order valence-electron chi connectivity index (χ3n) is 8.63. The molecule has 2 aliphatic rings. The summed E-state index contributed by atoms with van der Waals surface area (Å²) in [6.07, 6.45) is -5.44. The summed E-state index contributed by atoms with van der Waals surface area (Å²) >= 11 is 0. The predicted octanol–water partition coefficient (Wildman–Crippen LogP) is 6.62. The lowest BCUT2D eigenvalue weighted by Crippen LogP contribution is -2.56. The van der Waals surface area contributed by atoms with Crippen LogP contribution in [0.5, 0.6) is 0 Å². The van der Waals surface area contributed by atoms with E-state index in [4.69, 9.17) is 4.74 Å². The van der Waals surface area contributed by atoms with Gasteiger partial charge in [0, 0.05) is 56.9 Å². The number of hydrogen-bond acceptors (Lipinski definition) is 4. The zero-order chi connectivity index (χ0) is 32.2. The highest BCUT2D eigenvalue weighted by Gasteiger charge is 2.39. The molecule has 2 saturated heterocycles. The summed E-state index contributed by atoms with van der Waals surface area (Å²) in [6.45, 7) is 13.0. The van der Waals surface area contributed by atoms with Crippen molar-refractivity contribution in [1.82, 2.24) is 14.7 Å². The first kappa shape index (κ1) is 34.0. The van der Waals surface area contributed by atoms with Crippen LogP contribution in [-0.2, 0) is 23.5 Å². The van der Waals surface area contributed by atoms with Crippen LogP contribution in [0.25, 0.3) is 0 Å². The van der Waals surface area contributed by atoms with Crippen molar-refractivity contribution in [3.63, 3.8) is 0 Å². The molecule has 0 radical (unpaired) electrons. The van der Waals surface area contributed by atoms with E-state index < -0.39 is 41.0 Å². The molecule has 0 N–H and O–H groups in total. The minimum absolute atomic E-state index is 0.0495. The summed E-state index contributed by atoms with van der Waals surface area (Å²) in [4.78, 5) is 19.6. The molecule has 0 aliphatic carbocycles. The Bertz CT molecular complexity index is 1290. The quantitative estimate of drug-likeness (QED) is 0.244. The second kappa shape index (κ2) is 14.0. The van der Waals surface area contributed by atoms with Crippen LogP contribution in [0.15, 0.2) is 48.6 Å². The molecule has 2 aliphatic heterocycles. The van der Waals surface area contributed by atoms with Crippen LogP contribution >= 0.6 is 0 Å². The van der Waals surface area contributed by atoms with Gasteiger partial charge in [0.25, 0.3) is 5.91 Å². The average Bonchev–Trinajstić information content (AvgIpc) is 2.96. The monoisotopic (exact) mass is 625 g/mol. The summed E-state index contributed by atoms with van der Waals surface area (Å²) in [5, 5.41) is 0. The maximum Gasteiger partial charge on any atom is 0.416 e. The van der Waals surface area contributed by atoms with Crippen LogP contribution in [0.4, 0.5) is 26.3 Å². The van der Waals surface area contributed by atoms with Gasteiger partial charge in [-0.25, -0.2) is 0 Å². The minimum Gasteiger partial charge on any atom is -0.378 e. The number of alkyl halides is 6. The molecule has 1 amide bonds. The molecule has 44 heavy (non-hydrogen) atoms. The van der Waals surface area contributed by atoms with Gasteiger partial charge in [0.1, 0.15) is 0 Å². The Labute approximate surface area is 255 Å². The SMILES string of the molecule is Cc1ccc(C[C@@H]2CN(C/C=C/CN3CCOC[C@@H]3C(C)C)CCN2C(=O)c2cc(C(F)(F)F)cc(C(F)(F)F)c2)cc1C. The molecule has 242 valence electrons. The number of ether oxygens (including phenoxy) is 1. The second-order valence-electron chi connectivity index (χ2n) is 12.2. The second-order valence-corrected chi connectivity index (χ2v) is 12.2. The topological polar surface area (TPSA) is 36.0 Å². The Morgan fingerprint density at radius 1 is 0.909 bits per heavy atom. The first-order valence-corrected chi connectivity index (χ1v) is 15.0. The molecule has 2 heterocycles. The fraction of sp³-hybridized carbons (Fsp3) is 0.545. The first-order valence-electron chi connectivity index (χ1n) is 15.0. The number of morpholine rings is 1. The van der Waals surface area contributed by atoms with Gasteiger partial charge in [-0.2, -0.15) is 26.3 Å². The first-order chi connectivity index (χ1) is 20.6. The highest BCUT2D eigenvalue weighted by Crippen LogP contribution is 2.37. The van der Waals surface area contributed by atoms with Crippen molar-refractivity contribution in [1.29, 1.82) is 0 Å². The fourth-order valence-electron chi connectivity index (χ4n) is 5.91. The lowest BCUT2D eigenvalue weighted by Gasteiger charge is -2.41. The van der Waals surface area contributed by atoms with E-state index in [0.717, 1.165) is 29.8 Å². The molecule has 0 unspecified atom stereocenters. The fourth-order valence-corrected chi connectivity index (χ4v) is 5.91. The van der Waals surface area contributed by atoms with E-state index in [-0.39, 0.29) is 12.6 Å². The lowest BCUT2D eigenvalue weighted by atomic mass is 9.97. The van der Waals surface area contributed by atoms with Crippen LogP contribution in [0.3, 0.4) is 0 Å². The molecule has 11 heteroatoms. The largest absolute Gasteiger partial charge is 0.416 e. The smallest absolute Gasteiger partial charge is 0.378 e. The summed E-state index contributed by atoms with van der Waals surface area (Å²) in [5.41, 5.74) is -0.501. The molecule has 0 saturated carbocycles. The van der Waals surface area contributed by atoms with Crippen LogP contribution < -0.4 is 0 Å². The summed E-state index contributed by atoms with van der Waals surface area (Å²) in [6, 6.07) is 6.93. The van der Waals surface area contributed by atoms with Gasteiger partial charge in [0.2, 0.25) is 0 Å². The Kier molecular flexibility index (Phi) is 10.8. The van der Waals surface area contributed by atoms with Crippen molar-refractivity contribution in [2.24, 2.45) is 5.92 Å². The predicted molar refractivity (Wildman–Crippen MR) is 157 cm³/mol. The standard InChI is InChI=1S/C33H41F6N3O2/c1-22(2)30-21-44-14-13-41(30)10-6-5-9-40-11-12-42(29(20-40)16-25-8-7-23(3)24(4)15-25)31(43)26-17-27(32(34,35)36)19-28(18-26)33(37,38)39/h5-8,15,17-19,22,29-30H,9-14,16,20-21H2,1-4H3/b6-5+/t29-,30-/m1/s1. The van der Waals surface area contributed by atoms with E-state index in [1.54, 1.807) is 0 Å². The molecule has 2 aromatic carbocycles. The summed E-state index contributed by atoms with van der Waals surface area (Å²) in [7, 11) is 0. The van der Waals surface area contributed by atoms with Crippen molar-refractivity contribution in [2.75, 3.05) is 52.5 Å². The van der Waals surface area contributed by atoms with Gasteiger partial charge >= 0.3 is 12.4 Å². The van der Waals surface area contributed by atoms with Gasteiger partial charge in [-0.1, -0.05) is 44.2 Å². The molecule has 2 fully saturated rings. The number of rotatable bonds is 8. The van der Waals surface area contributed by atoms with Crippen LogP contribution in [0.2, 0.25) is 0 Å². The summed E-state index contributed by atoms with van der Waals surface area (Å²) in [5.74, 6) is -0.373. The third-order valence-corrected chi connectivity index (χ3v) is 8.63. The van der Waals surface area contributed by atoms with Gasteiger partial charge in [-0.05, 0) is 61.1 Å². The Hall–Kier alpha value is -2.89. The van der Waals surface area contributed by atoms with E-state index >= 15 is 0 Å². The van der Waals surface area contributed by atoms with Gasteiger partial charge in [0.15, 0.2) is 0 Å². The van der Waals surface area contributed by atoms with Crippen molar-refractivity contribution in [3.05, 3.63) is 81.9 Å². The molecule has 0 aromatic heterocycles. The zero-order valence-corrected chi connectivity index (χ0v) is 25.6. The number of halogens is 6. The molecule has 2 aromatic rings. The highest BCUT2D eigenvalue weighted by atomic mass is 19.4. The van der Waals surface area contributed by atoms with Crippen molar-refractivity contribution in [3.8, 4) is 0 Å².